The molecule has 148 valence electrons. The summed E-state index contributed by atoms with van der Waals surface area (Å²) in [6.07, 6.45) is 0. The second kappa shape index (κ2) is 9.17. The third kappa shape index (κ3) is 5.42. The topological polar surface area (TPSA) is 75.7 Å². The summed E-state index contributed by atoms with van der Waals surface area (Å²) in [5.41, 5.74) is 5.08. The van der Waals surface area contributed by atoms with Crippen LogP contribution in [0.2, 0.25) is 0 Å². The highest BCUT2D eigenvalue weighted by Crippen LogP contribution is 2.19. The molecule has 0 aliphatic heterocycles. The van der Waals surface area contributed by atoms with Crippen LogP contribution in [-0.4, -0.2) is 42.9 Å². The molecular formula is C22H26N2O4. The molecule has 0 bridgehead atoms. The van der Waals surface area contributed by atoms with Gasteiger partial charge in [0.1, 0.15) is 0 Å². The Kier molecular flexibility index (Phi) is 6.93. The number of nitrogens with zero attached hydrogens (tertiary/aromatic N) is 1. The lowest BCUT2D eigenvalue weighted by Gasteiger charge is -2.18. The Hall–Kier alpha value is -3.15. The molecule has 6 nitrogen and oxygen atoms in total. The molecule has 2 aromatic rings. The highest BCUT2D eigenvalue weighted by Gasteiger charge is 2.17. The van der Waals surface area contributed by atoms with Gasteiger partial charge < -0.3 is 15.0 Å². The first-order valence-corrected chi connectivity index (χ1v) is 9.03. The number of benzene rings is 2. The van der Waals surface area contributed by atoms with Crippen LogP contribution < -0.4 is 5.32 Å². The van der Waals surface area contributed by atoms with E-state index in [2.05, 4.69) is 5.32 Å². The fourth-order valence-corrected chi connectivity index (χ4v) is 2.68. The average Bonchev–Trinajstić information content (AvgIpc) is 2.64. The van der Waals surface area contributed by atoms with Crippen molar-refractivity contribution in [2.45, 2.75) is 27.7 Å². The van der Waals surface area contributed by atoms with Gasteiger partial charge in [-0.3, -0.25) is 9.59 Å². The Morgan fingerprint density at radius 3 is 2.18 bits per heavy atom. The van der Waals surface area contributed by atoms with E-state index in [0.29, 0.717) is 5.56 Å². The van der Waals surface area contributed by atoms with E-state index >= 15 is 0 Å². The molecule has 0 aliphatic carbocycles. The molecular weight excluding hydrogens is 356 g/mol. The lowest BCUT2D eigenvalue weighted by Crippen LogP contribution is -2.37. The Balaban J connectivity index is 1.87. The van der Waals surface area contributed by atoms with Gasteiger partial charge in [0.2, 0.25) is 5.91 Å². The fraction of sp³-hybridized carbons (Fsp3) is 0.318. The second-order valence-electron chi connectivity index (χ2n) is 6.94. The van der Waals surface area contributed by atoms with Gasteiger partial charge >= 0.3 is 5.97 Å². The molecule has 0 saturated carbocycles. The number of para-hydroxylation sites is 1. The van der Waals surface area contributed by atoms with Gasteiger partial charge in [-0.25, -0.2) is 4.79 Å². The molecule has 0 radical (unpaired) electrons. The molecule has 0 unspecified atom stereocenters. The highest BCUT2D eigenvalue weighted by atomic mass is 16.5. The van der Waals surface area contributed by atoms with E-state index < -0.39 is 18.5 Å². The fourth-order valence-electron chi connectivity index (χ4n) is 2.68. The molecule has 28 heavy (non-hydrogen) atoms. The number of aryl methyl sites for hydroxylation is 4. The van der Waals surface area contributed by atoms with Gasteiger partial charge in [0, 0.05) is 12.7 Å². The third-order valence-corrected chi connectivity index (χ3v) is 4.62. The maximum Gasteiger partial charge on any atom is 0.338 e. The standard InChI is InChI=1S/C22H26N2O4/c1-14-9-10-18(11-17(14)4)22(27)28-13-20(26)24(5)12-19(25)23-21-15(2)7-6-8-16(21)3/h6-11H,12-13H2,1-5H3,(H,23,25). The van der Waals surface area contributed by atoms with Crippen LogP contribution in [0.5, 0.6) is 0 Å². The highest BCUT2D eigenvalue weighted by molar-refractivity contribution is 5.96. The number of ether oxygens (including phenoxy) is 1. The lowest BCUT2D eigenvalue weighted by atomic mass is 10.1. The Morgan fingerprint density at radius 1 is 0.929 bits per heavy atom. The predicted octanol–water partition coefficient (Wildman–Crippen LogP) is 3.17. The molecule has 6 heteroatoms. The van der Waals surface area contributed by atoms with Gasteiger partial charge in [-0.15, -0.1) is 0 Å². The first-order valence-electron chi connectivity index (χ1n) is 9.03. The molecule has 2 amide bonds. The van der Waals surface area contributed by atoms with Crippen LogP contribution in [0, 0.1) is 27.7 Å². The van der Waals surface area contributed by atoms with Crippen molar-refractivity contribution in [2.75, 3.05) is 25.5 Å². The summed E-state index contributed by atoms with van der Waals surface area (Å²) in [7, 11) is 1.50. The number of hydrogen-bond acceptors (Lipinski definition) is 4. The van der Waals surface area contributed by atoms with Crippen molar-refractivity contribution >= 4 is 23.5 Å². The smallest absolute Gasteiger partial charge is 0.338 e. The van der Waals surface area contributed by atoms with Crippen molar-refractivity contribution in [1.29, 1.82) is 0 Å². The quantitative estimate of drug-likeness (QED) is 0.779. The van der Waals surface area contributed by atoms with Crippen LogP contribution in [0.1, 0.15) is 32.6 Å². The molecule has 0 aliphatic rings. The van der Waals surface area contributed by atoms with Crippen molar-refractivity contribution in [3.63, 3.8) is 0 Å². The van der Waals surface area contributed by atoms with Gasteiger partial charge in [-0.1, -0.05) is 24.3 Å². The number of esters is 1. The van der Waals surface area contributed by atoms with Gasteiger partial charge in [0.25, 0.3) is 5.91 Å². The number of hydrogen-bond donors (Lipinski definition) is 1. The van der Waals surface area contributed by atoms with Crippen molar-refractivity contribution < 1.29 is 19.1 Å². The average molecular weight is 382 g/mol. The van der Waals surface area contributed by atoms with E-state index in [1.54, 1.807) is 12.1 Å². The van der Waals surface area contributed by atoms with E-state index in [4.69, 9.17) is 4.74 Å². The molecule has 0 aromatic heterocycles. The first kappa shape index (κ1) is 21.2. The summed E-state index contributed by atoms with van der Waals surface area (Å²) >= 11 is 0. The summed E-state index contributed by atoms with van der Waals surface area (Å²) in [6, 6.07) is 11.0. The van der Waals surface area contributed by atoms with E-state index in [1.165, 1.54) is 11.9 Å². The zero-order valence-corrected chi connectivity index (χ0v) is 17.0. The Morgan fingerprint density at radius 2 is 1.57 bits per heavy atom. The first-order chi connectivity index (χ1) is 13.2. The minimum atomic E-state index is -0.565. The van der Waals surface area contributed by atoms with Crippen LogP contribution in [0.3, 0.4) is 0 Å². The third-order valence-electron chi connectivity index (χ3n) is 4.62. The molecule has 1 N–H and O–H groups in total. The number of carbonyl (C=O) groups excluding carboxylic acids is 3. The maximum atomic E-state index is 12.2. The number of amides is 2. The number of nitrogens with one attached hydrogen (secondary N) is 1. The zero-order valence-electron chi connectivity index (χ0n) is 17.0. The summed E-state index contributed by atoms with van der Waals surface area (Å²) in [6.45, 7) is 7.12. The number of likely N-dealkylation sites (N-methyl/N-ethyl adjacent to an activating group) is 1. The van der Waals surface area contributed by atoms with E-state index in [1.807, 2.05) is 52.0 Å². The SMILES string of the molecule is Cc1ccc(C(=O)OCC(=O)N(C)CC(=O)Nc2c(C)cccc2C)cc1C. The zero-order chi connectivity index (χ0) is 20.8. The monoisotopic (exact) mass is 382 g/mol. The molecule has 0 spiro atoms. The van der Waals surface area contributed by atoms with E-state index in [-0.39, 0.29) is 12.5 Å². The van der Waals surface area contributed by atoms with E-state index in [0.717, 1.165) is 27.9 Å². The number of carbonyl (C=O) groups is 3. The minimum absolute atomic E-state index is 0.131. The summed E-state index contributed by atoms with van der Waals surface area (Å²) in [5, 5.41) is 2.83. The normalized spacial score (nSPS) is 10.3. The van der Waals surface area contributed by atoms with Gasteiger partial charge in [-0.2, -0.15) is 0 Å². The summed E-state index contributed by atoms with van der Waals surface area (Å²) < 4.78 is 5.08. The van der Waals surface area contributed by atoms with Gasteiger partial charge in [-0.05, 0) is 62.1 Å². The van der Waals surface area contributed by atoms with Crippen molar-refractivity contribution in [3.8, 4) is 0 Å². The van der Waals surface area contributed by atoms with E-state index in [9.17, 15) is 14.4 Å². The largest absolute Gasteiger partial charge is 0.452 e. The summed E-state index contributed by atoms with van der Waals surface area (Å²) in [4.78, 5) is 37.8. The van der Waals surface area contributed by atoms with Crippen LogP contribution in [-0.2, 0) is 14.3 Å². The summed E-state index contributed by atoms with van der Waals surface area (Å²) in [5.74, 6) is -1.33. The molecule has 2 aromatic carbocycles. The molecule has 2 rings (SSSR count). The lowest BCUT2D eigenvalue weighted by molar-refractivity contribution is -0.136. The molecule has 0 heterocycles. The second-order valence-corrected chi connectivity index (χ2v) is 6.94. The minimum Gasteiger partial charge on any atom is -0.452 e. The van der Waals surface area contributed by atoms with Crippen molar-refractivity contribution in [1.82, 2.24) is 4.90 Å². The molecule has 0 fully saturated rings. The van der Waals surface area contributed by atoms with Crippen LogP contribution in [0.15, 0.2) is 36.4 Å². The van der Waals surface area contributed by atoms with Gasteiger partial charge in [0.05, 0.1) is 12.1 Å². The molecule has 0 saturated heterocycles. The van der Waals surface area contributed by atoms with Crippen LogP contribution in [0.25, 0.3) is 0 Å². The maximum absolute atomic E-state index is 12.2. The molecule has 0 atom stereocenters. The Labute approximate surface area is 165 Å². The van der Waals surface area contributed by atoms with Crippen molar-refractivity contribution in [3.05, 3.63) is 64.2 Å². The predicted molar refractivity (Wildman–Crippen MR) is 108 cm³/mol. The Bertz CT molecular complexity index is 885. The number of anilines is 1. The number of rotatable bonds is 6. The van der Waals surface area contributed by atoms with Crippen molar-refractivity contribution in [2.24, 2.45) is 0 Å². The van der Waals surface area contributed by atoms with Crippen LogP contribution >= 0.6 is 0 Å². The van der Waals surface area contributed by atoms with Crippen LogP contribution in [0.4, 0.5) is 5.69 Å². The van der Waals surface area contributed by atoms with Gasteiger partial charge in [0.15, 0.2) is 6.61 Å².